The number of nitrogens with zero attached hydrogens (tertiary/aromatic N) is 2. The summed E-state index contributed by atoms with van der Waals surface area (Å²) in [4.78, 5) is 20.4. The molecule has 0 radical (unpaired) electrons. The number of rotatable bonds is 11. The predicted molar refractivity (Wildman–Crippen MR) is 140 cm³/mol. The fraction of sp³-hybridized carbons (Fsp3) is 0.414. The van der Waals surface area contributed by atoms with Gasteiger partial charge >= 0.3 is 5.97 Å². The molecule has 0 atom stereocenters. The Labute approximate surface area is 216 Å². The van der Waals surface area contributed by atoms with Crippen molar-refractivity contribution in [2.75, 3.05) is 13.2 Å². The summed E-state index contributed by atoms with van der Waals surface area (Å²) < 4.78 is 18.3. The van der Waals surface area contributed by atoms with E-state index in [0.717, 1.165) is 54.6 Å². The lowest BCUT2D eigenvalue weighted by molar-refractivity contribution is 0.0688. The first kappa shape index (κ1) is 25.0. The molecule has 37 heavy (non-hydrogen) atoms. The maximum absolute atomic E-state index is 11.9. The van der Waals surface area contributed by atoms with Crippen LogP contribution >= 0.6 is 0 Å². The van der Waals surface area contributed by atoms with E-state index in [1.165, 1.54) is 19.3 Å². The Hall–Kier alpha value is -3.65. The molecule has 1 aromatic carbocycles. The molecule has 5 rings (SSSR count). The molecule has 1 aliphatic rings. The minimum atomic E-state index is -1.07. The molecule has 0 aliphatic heterocycles. The van der Waals surface area contributed by atoms with Gasteiger partial charge in [-0.1, -0.05) is 44.2 Å². The molecule has 8 nitrogen and oxygen atoms in total. The molecular weight excluding hydrogens is 470 g/mol. The van der Waals surface area contributed by atoms with Gasteiger partial charge in [0.1, 0.15) is 17.1 Å². The molecule has 8 heteroatoms. The summed E-state index contributed by atoms with van der Waals surface area (Å²) in [5.41, 5.74) is 2.61. The third-order valence-electron chi connectivity index (χ3n) is 7.02. The van der Waals surface area contributed by atoms with Crippen LogP contribution in [-0.2, 0) is 13.0 Å². The summed E-state index contributed by atoms with van der Waals surface area (Å²) in [5, 5.41) is 14.0. The van der Waals surface area contributed by atoms with E-state index >= 15 is 0 Å². The van der Waals surface area contributed by atoms with Crippen LogP contribution in [0.5, 0.6) is 5.75 Å². The van der Waals surface area contributed by atoms with Gasteiger partial charge in [0.25, 0.3) is 5.89 Å². The summed E-state index contributed by atoms with van der Waals surface area (Å²) in [6, 6.07) is 9.66. The smallest absolute Gasteiger partial charge is 0.358 e. The number of benzene rings is 1. The van der Waals surface area contributed by atoms with E-state index in [9.17, 15) is 9.90 Å². The number of carbonyl (C=O) groups is 1. The topological polar surface area (TPSA) is 111 Å². The molecule has 0 saturated heterocycles. The van der Waals surface area contributed by atoms with Crippen molar-refractivity contribution >= 4 is 16.9 Å². The Kier molecular flexibility index (Phi) is 7.84. The van der Waals surface area contributed by atoms with Crippen molar-refractivity contribution in [2.24, 2.45) is 5.92 Å². The summed E-state index contributed by atoms with van der Waals surface area (Å²) in [7, 11) is 0. The second-order valence-corrected chi connectivity index (χ2v) is 9.73. The van der Waals surface area contributed by atoms with Crippen LogP contribution in [0, 0.1) is 12.8 Å². The van der Waals surface area contributed by atoms with Gasteiger partial charge in [-0.05, 0) is 49.6 Å². The van der Waals surface area contributed by atoms with Gasteiger partial charge in [0.05, 0.1) is 12.0 Å². The molecule has 1 saturated carbocycles. The van der Waals surface area contributed by atoms with Crippen molar-refractivity contribution in [3.63, 3.8) is 0 Å². The first-order valence-corrected chi connectivity index (χ1v) is 13.1. The summed E-state index contributed by atoms with van der Waals surface area (Å²) in [5.74, 6) is 1.18. The number of fused-ring (bicyclic) bond motifs is 1. The highest BCUT2D eigenvalue weighted by Crippen LogP contribution is 2.39. The normalized spacial score (nSPS) is 14.3. The van der Waals surface area contributed by atoms with Gasteiger partial charge in [0, 0.05) is 30.9 Å². The Balaban J connectivity index is 1.28. The van der Waals surface area contributed by atoms with Gasteiger partial charge in [-0.2, -0.15) is 4.98 Å². The quantitative estimate of drug-likeness (QED) is 0.234. The van der Waals surface area contributed by atoms with Crippen LogP contribution in [0.3, 0.4) is 0 Å². The molecule has 0 unspecified atom stereocenters. The van der Waals surface area contributed by atoms with E-state index < -0.39 is 5.97 Å². The fourth-order valence-electron chi connectivity index (χ4n) is 5.11. The first-order valence-electron chi connectivity index (χ1n) is 13.1. The molecule has 2 N–H and O–H groups in total. The van der Waals surface area contributed by atoms with Crippen LogP contribution in [0.1, 0.15) is 65.9 Å². The minimum Gasteiger partial charge on any atom is -0.493 e. The lowest BCUT2D eigenvalue weighted by Gasteiger charge is -2.20. The number of pyridine rings is 1. The SMILES string of the molecule is Cc1c(-c2nc(C(=O)O)c(CC3CCCCC3)o2)oc2cccc(OCCCNCc3cccnc3)c12. The van der Waals surface area contributed by atoms with Crippen LogP contribution in [0.25, 0.3) is 22.6 Å². The van der Waals surface area contributed by atoms with Gasteiger partial charge < -0.3 is 24.0 Å². The largest absolute Gasteiger partial charge is 0.493 e. The summed E-state index contributed by atoms with van der Waals surface area (Å²) in [6.07, 6.45) is 10.9. The number of oxazole rings is 1. The maximum atomic E-state index is 11.9. The van der Waals surface area contributed by atoms with Gasteiger partial charge in [-0.25, -0.2) is 4.79 Å². The Bertz CT molecular complexity index is 1340. The second-order valence-electron chi connectivity index (χ2n) is 9.73. The zero-order valence-electron chi connectivity index (χ0n) is 21.2. The van der Waals surface area contributed by atoms with E-state index in [0.29, 0.717) is 36.0 Å². The number of aromatic carboxylic acids is 1. The highest BCUT2D eigenvalue weighted by Gasteiger charge is 2.27. The molecule has 194 valence electrons. The van der Waals surface area contributed by atoms with Crippen LogP contribution in [0.4, 0.5) is 0 Å². The number of furan rings is 1. The van der Waals surface area contributed by atoms with Crippen molar-refractivity contribution in [1.82, 2.24) is 15.3 Å². The second kappa shape index (κ2) is 11.6. The number of carboxylic acid groups (broad SMARTS) is 1. The van der Waals surface area contributed by atoms with E-state index in [1.54, 1.807) is 6.20 Å². The van der Waals surface area contributed by atoms with Gasteiger partial charge in [-0.3, -0.25) is 4.98 Å². The van der Waals surface area contributed by atoms with Crippen LogP contribution in [0.2, 0.25) is 0 Å². The monoisotopic (exact) mass is 503 g/mol. The average molecular weight is 504 g/mol. The Morgan fingerprint density at radius 2 is 2.03 bits per heavy atom. The Morgan fingerprint density at radius 3 is 2.81 bits per heavy atom. The third kappa shape index (κ3) is 5.85. The highest BCUT2D eigenvalue weighted by atomic mass is 16.5. The van der Waals surface area contributed by atoms with Crippen molar-refractivity contribution in [3.8, 4) is 17.4 Å². The van der Waals surface area contributed by atoms with E-state index in [1.807, 2.05) is 43.5 Å². The van der Waals surface area contributed by atoms with E-state index in [2.05, 4.69) is 15.3 Å². The predicted octanol–water partition coefficient (Wildman–Crippen LogP) is 6.17. The molecule has 0 spiro atoms. The Morgan fingerprint density at radius 1 is 1.16 bits per heavy atom. The maximum Gasteiger partial charge on any atom is 0.358 e. The zero-order chi connectivity index (χ0) is 25.6. The van der Waals surface area contributed by atoms with E-state index in [-0.39, 0.29) is 11.6 Å². The first-order chi connectivity index (χ1) is 18.1. The van der Waals surface area contributed by atoms with Crippen molar-refractivity contribution in [1.29, 1.82) is 0 Å². The summed E-state index contributed by atoms with van der Waals surface area (Å²) >= 11 is 0. The molecule has 4 aromatic rings. The zero-order valence-corrected chi connectivity index (χ0v) is 21.2. The molecule has 0 amide bonds. The third-order valence-corrected chi connectivity index (χ3v) is 7.02. The van der Waals surface area contributed by atoms with Crippen LogP contribution < -0.4 is 10.1 Å². The number of aryl methyl sites for hydroxylation is 1. The van der Waals surface area contributed by atoms with Crippen LogP contribution in [0.15, 0.2) is 51.6 Å². The van der Waals surface area contributed by atoms with Crippen LogP contribution in [-0.4, -0.2) is 34.2 Å². The number of nitrogens with one attached hydrogen (secondary N) is 1. The molecule has 1 aliphatic carbocycles. The number of carboxylic acids is 1. The van der Waals surface area contributed by atoms with Crippen molar-refractivity contribution in [3.05, 3.63) is 65.3 Å². The number of hydrogen-bond acceptors (Lipinski definition) is 7. The lowest BCUT2D eigenvalue weighted by atomic mass is 9.86. The van der Waals surface area contributed by atoms with Gasteiger partial charge in [0.15, 0.2) is 11.5 Å². The summed E-state index contributed by atoms with van der Waals surface area (Å²) in [6.45, 7) is 4.06. The van der Waals surface area contributed by atoms with Gasteiger partial charge in [0.2, 0.25) is 0 Å². The standard InChI is InChI=1S/C29H33N3O5/c1-19-25-22(35-15-7-14-31-18-21-10-6-13-30-17-21)11-5-12-23(25)36-27(19)28-32-26(29(33)34)24(37-28)16-20-8-3-2-4-9-20/h5-6,10-13,17,20,31H,2-4,7-9,14-16,18H2,1H3,(H,33,34). The van der Waals surface area contributed by atoms with Crippen molar-refractivity contribution < 1.29 is 23.5 Å². The van der Waals surface area contributed by atoms with E-state index in [4.69, 9.17) is 13.6 Å². The lowest BCUT2D eigenvalue weighted by Crippen LogP contribution is -2.17. The molecular formula is C29H33N3O5. The molecule has 0 bridgehead atoms. The number of hydrogen-bond donors (Lipinski definition) is 2. The fourth-order valence-corrected chi connectivity index (χ4v) is 5.11. The highest BCUT2D eigenvalue weighted by molar-refractivity contribution is 5.92. The molecule has 3 aromatic heterocycles. The molecule has 3 heterocycles. The minimum absolute atomic E-state index is 0.0179. The van der Waals surface area contributed by atoms with Gasteiger partial charge in [-0.15, -0.1) is 0 Å². The molecule has 1 fully saturated rings. The van der Waals surface area contributed by atoms with Crippen molar-refractivity contribution in [2.45, 2.75) is 58.4 Å². The number of aromatic nitrogens is 2. The number of ether oxygens (including phenoxy) is 1. The average Bonchev–Trinajstić information content (AvgIpc) is 3.48.